The van der Waals surface area contributed by atoms with Crippen LogP contribution in [-0.2, 0) is 9.53 Å². The van der Waals surface area contributed by atoms with E-state index >= 15 is 0 Å². The summed E-state index contributed by atoms with van der Waals surface area (Å²) in [6, 6.07) is 5.70. The van der Waals surface area contributed by atoms with Crippen LogP contribution in [0, 0.1) is 0 Å². The molecule has 0 N–H and O–H groups in total. The van der Waals surface area contributed by atoms with Crippen LogP contribution >= 0.6 is 15.9 Å². The summed E-state index contributed by atoms with van der Waals surface area (Å²) in [6.07, 6.45) is 1.74. The molecule has 0 aliphatic carbocycles. The van der Waals surface area contributed by atoms with Crippen LogP contribution in [0.4, 0.5) is 0 Å². The van der Waals surface area contributed by atoms with E-state index in [1.807, 2.05) is 39.0 Å². The highest BCUT2D eigenvalue weighted by atomic mass is 79.9. The standard InChI is InChI=1S/C5H4BrN.C5H10O2/c6-5-3-1-2-4-7-5;1-5(2,3)7-4-6/h1-4H;4H,1-3H3. The fraction of sp³-hybridized carbons (Fsp3) is 0.400. The fourth-order valence-corrected chi connectivity index (χ4v) is 0.757. The molecule has 0 fully saturated rings. The van der Waals surface area contributed by atoms with Gasteiger partial charge in [-0.2, -0.15) is 0 Å². The number of hydrogen-bond acceptors (Lipinski definition) is 3. The van der Waals surface area contributed by atoms with Crippen molar-refractivity contribution in [2.24, 2.45) is 0 Å². The van der Waals surface area contributed by atoms with Gasteiger partial charge in [-0.1, -0.05) is 6.07 Å². The van der Waals surface area contributed by atoms with E-state index in [2.05, 4.69) is 25.7 Å². The van der Waals surface area contributed by atoms with E-state index in [4.69, 9.17) is 0 Å². The van der Waals surface area contributed by atoms with Crippen molar-refractivity contribution in [1.82, 2.24) is 4.98 Å². The zero-order valence-corrected chi connectivity index (χ0v) is 10.1. The van der Waals surface area contributed by atoms with Crippen molar-refractivity contribution in [2.45, 2.75) is 26.4 Å². The van der Waals surface area contributed by atoms with Gasteiger partial charge in [0.2, 0.25) is 0 Å². The second kappa shape index (κ2) is 6.54. The lowest BCUT2D eigenvalue weighted by atomic mass is 10.2. The number of hydrogen-bond donors (Lipinski definition) is 0. The van der Waals surface area contributed by atoms with E-state index in [1.54, 1.807) is 6.20 Å². The van der Waals surface area contributed by atoms with E-state index in [1.165, 1.54) is 0 Å². The summed E-state index contributed by atoms with van der Waals surface area (Å²) >= 11 is 3.20. The van der Waals surface area contributed by atoms with Crippen molar-refractivity contribution in [3.05, 3.63) is 29.0 Å². The third-order valence-corrected chi connectivity index (χ3v) is 1.50. The lowest BCUT2D eigenvalue weighted by Gasteiger charge is -2.14. The summed E-state index contributed by atoms with van der Waals surface area (Å²) in [5.41, 5.74) is -0.318. The first kappa shape index (κ1) is 13.1. The third-order valence-electron chi connectivity index (χ3n) is 1.03. The topological polar surface area (TPSA) is 39.2 Å². The van der Waals surface area contributed by atoms with Crippen LogP contribution in [-0.4, -0.2) is 17.1 Å². The number of pyridine rings is 1. The third kappa shape index (κ3) is 9.19. The number of nitrogens with zero attached hydrogens (tertiary/aromatic N) is 1. The Hall–Kier alpha value is -0.900. The van der Waals surface area contributed by atoms with Crippen LogP contribution in [0.5, 0.6) is 0 Å². The predicted molar refractivity (Wildman–Crippen MR) is 58.8 cm³/mol. The van der Waals surface area contributed by atoms with E-state index in [9.17, 15) is 4.79 Å². The normalized spacial score (nSPS) is 9.71. The van der Waals surface area contributed by atoms with Gasteiger partial charge in [-0.25, -0.2) is 4.98 Å². The maximum absolute atomic E-state index is 9.60. The summed E-state index contributed by atoms with van der Waals surface area (Å²) in [7, 11) is 0. The molecule has 0 unspecified atom stereocenters. The number of halogens is 1. The number of ether oxygens (including phenoxy) is 1. The molecule has 0 amide bonds. The van der Waals surface area contributed by atoms with Crippen molar-refractivity contribution in [2.75, 3.05) is 0 Å². The lowest BCUT2D eigenvalue weighted by molar-refractivity contribution is -0.138. The molecule has 0 spiro atoms. The largest absolute Gasteiger partial charge is 0.462 e. The first-order valence-electron chi connectivity index (χ1n) is 4.13. The molecule has 0 bridgehead atoms. The molecule has 0 saturated carbocycles. The van der Waals surface area contributed by atoms with Gasteiger partial charge < -0.3 is 4.74 Å². The smallest absolute Gasteiger partial charge is 0.293 e. The first-order valence-corrected chi connectivity index (χ1v) is 4.93. The summed E-state index contributed by atoms with van der Waals surface area (Å²) in [6.45, 7) is 5.92. The predicted octanol–water partition coefficient (Wildman–Crippen LogP) is 2.80. The van der Waals surface area contributed by atoms with Gasteiger partial charge in [0.25, 0.3) is 6.47 Å². The summed E-state index contributed by atoms with van der Waals surface area (Å²) in [5.74, 6) is 0. The van der Waals surface area contributed by atoms with Gasteiger partial charge in [-0.05, 0) is 48.8 Å². The molecule has 0 atom stereocenters. The van der Waals surface area contributed by atoms with E-state index in [0.717, 1.165) is 4.60 Å². The van der Waals surface area contributed by atoms with Crippen molar-refractivity contribution >= 4 is 22.4 Å². The van der Waals surface area contributed by atoms with Crippen molar-refractivity contribution < 1.29 is 9.53 Å². The maximum atomic E-state index is 9.60. The summed E-state index contributed by atoms with van der Waals surface area (Å²) in [4.78, 5) is 13.5. The Labute approximate surface area is 92.6 Å². The molecule has 0 radical (unpaired) electrons. The van der Waals surface area contributed by atoms with Crippen LogP contribution in [0.2, 0.25) is 0 Å². The van der Waals surface area contributed by atoms with E-state index in [0.29, 0.717) is 6.47 Å². The number of carbonyl (C=O) groups excluding carboxylic acids is 1. The molecule has 1 rings (SSSR count). The van der Waals surface area contributed by atoms with Gasteiger partial charge in [0.1, 0.15) is 10.2 Å². The molecule has 14 heavy (non-hydrogen) atoms. The van der Waals surface area contributed by atoms with E-state index in [-0.39, 0.29) is 5.60 Å². The Bertz CT molecular complexity index is 257. The highest BCUT2D eigenvalue weighted by molar-refractivity contribution is 9.10. The van der Waals surface area contributed by atoms with Crippen LogP contribution in [0.1, 0.15) is 20.8 Å². The lowest BCUT2D eigenvalue weighted by Crippen LogP contribution is -2.17. The van der Waals surface area contributed by atoms with Crippen LogP contribution < -0.4 is 0 Å². The first-order chi connectivity index (χ1) is 6.45. The molecule has 3 nitrogen and oxygen atoms in total. The fourth-order valence-electron chi connectivity index (χ4n) is 0.486. The minimum Gasteiger partial charge on any atom is -0.462 e. The molecule has 1 aromatic rings. The minimum atomic E-state index is -0.318. The Morgan fingerprint density at radius 2 is 2.07 bits per heavy atom. The maximum Gasteiger partial charge on any atom is 0.293 e. The van der Waals surface area contributed by atoms with Crippen molar-refractivity contribution in [3.8, 4) is 0 Å². The SMILES string of the molecule is Brc1ccccn1.CC(C)(C)OC=O. The molecule has 1 aromatic heterocycles. The highest BCUT2D eigenvalue weighted by Gasteiger charge is 2.07. The number of aromatic nitrogens is 1. The van der Waals surface area contributed by atoms with Gasteiger partial charge in [-0.15, -0.1) is 0 Å². The molecular weight excluding hydrogens is 246 g/mol. The molecule has 1 heterocycles. The molecule has 0 aromatic carbocycles. The molecular formula is C10H14BrNO2. The Morgan fingerprint density at radius 3 is 2.21 bits per heavy atom. The van der Waals surface area contributed by atoms with Gasteiger partial charge in [0, 0.05) is 6.20 Å². The van der Waals surface area contributed by atoms with Crippen LogP contribution in [0.15, 0.2) is 29.0 Å². The Morgan fingerprint density at radius 1 is 1.43 bits per heavy atom. The van der Waals surface area contributed by atoms with Crippen LogP contribution in [0.3, 0.4) is 0 Å². The van der Waals surface area contributed by atoms with Crippen molar-refractivity contribution in [1.29, 1.82) is 0 Å². The van der Waals surface area contributed by atoms with E-state index < -0.39 is 0 Å². The second-order valence-corrected chi connectivity index (χ2v) is 4.29. The van der Waals surface area contributed by atoms with Crippen molar-refractivity contribution in [3.63, 3.8) is 0 Å². The monoisotopic (exact) mass is 259 g/mol. The zero-order chi connectivity index (χ0) is 11.0. The minimum absolute atomic E-state index is 0.318. The summed E-state index contributed by atoms with van der Waals surface area (Å²) in [5, 5.41) is 0. The molecule has 0 aliphatic rings. The Kier molecular flexibility index (Phi) is 6.12. The number of rotatable bonds is 1. The van der Waals surface area contributed by atoms with Crippen LogP contribution in [0.25, 0.3) is 0 Å². The second-order valence-electron chi connectivity index (χ2n) is 3.48. The quantitative estimate of drug-likeness (QED) is 0.575. The zero-order valence-electron chi connectivity index (χ0n) is 8.53. The highest BCUT2D eigenvalue weighted by Crippen LogP contribution is 2.02. The molecule has 4 heteroatoms. The summed E-state index contributed by atoms with van der Waals surface area (Å²) < 4.78 is 5.43. The van der Waals surface area contributed by atoms with Gasteiger partial charge in [-0.3, -0.25) is 4.79 Å². The average molecular weight is 260 g/mol. The molecule has 0 saturated heterocycles. The Balaban J connectivity index is 0.000000241. The van der Waals surface area contributed by atoms with Gasteiger partial charge >= 0.3 is 0 Å². The number of carbonyl (C=O) groups is 1. The molecule has 0 aliphatic heterocycles. The average Bonchev–Trinajstić information content (AvgIpc) is 2.04. The van der Waals surface area contributed by atoms with Gasteiger partial charge in [0.15, 0.2) is 0 Å². The molecule has 78 valence electrons. The van der Waals surface area contributed by atoms with Gasteiger partial charge in [0.05, 0.1) is 0 Å².